The lowest BCUT2D eigenvalue weighted by Gasteiger charge is -2.30. The van der Waals surface area contributed by atoms with Crippen LogP contribution in [-0.2, 0) is 16.6 Å². The van der Waals surface area contributed by atoms with Crippen LogP contribution < -0.4 is 5.32 Å². The Morgan fingerprint density at radius 2 is 2.06 bits per heavy atom. The third-order valence-electron chi connectivity index (χ3n) is 7.91. The van der Waals surface area contributed by atoms with Crippen molar-refractivity contribution in [2.24, 2.45) is 11.8 Å². The van der Waals surface area contributed by atoms with E-state index in [-0.39, 0.29) is 17.4 Å². The Morgan fingerprint density at radius 3 is 2.79 bits per heavy atom. The lowest BCUT2D eigenvalue weighted by atomic mass is 9.84. The minimum Gasteiger partial charge on any atom is -0.361 e. The number of piperidine rings is 1. The van der Waals surface area contributed by atoms with Crippen molar-refractivity contribution >= 4 is 12.0 Å². The Kier molecular flexibility index (Phi) is 6.32. The normalized spacial score (nSPS) is 29.3. The number of likely N-dealkylation sites (tertiary alicyclic amines) is 1. The first kappa shape index (κ1) is 22.3. The summed E-state index contributed by atoms with van der Waals surface area (Å²) >= 11 is 0. The van der Waals surface area contributed by atoms with Crippen molar-refractivity contribution in [1.82, 2.24) is 25.3 Å². The molecule has 3 fully saturated rings. The van der Waals surface area contributed by atoms with Crippen molar-refractivity contribution in [1.29, 1.82) is 0 Å². The molecule has 0 aromatic carbocycles. The molecule has 0 radical (unpaired) electrons. The molecule has 0 bridgehead atoms. The summed E-state index contributed by atoms with van der Waals surface area (Å²) in [7, 11) is 0. The van der Waals surface area contributed by atoms with Crippen LogP contribution in [-0.4, -0.2) is 51.6 Å². The molecule has 2 atom stereocenters. The number of carbonyl (C=O) groups is 1. The molecule has 2 aromatic heterocycles. The molecule has 0 unspecified atom stereocenters. The fourth-order valence-corrected chi connectivity index (χ4v) is 5.74. The molecule has 1 saturated heterocycles. The molecule has 2 aromatic rings. The second-order valence-corrected chi connectivity index (χ2v) is 10.2. The highest BCUT2D eigenvalue weighted by Crippen LogP contribution is 2.58. The van der Waals surface area contributed by atoms with Gasteiger partial charge in [0.05, 0.1) is 5.69 Å². The van der Waals surface area contributed by atoms with Crippen molar-refractivity contribution in [3.63, 3.8) is 0 Å². The Morgan fingerprint density at radius 1 is 1.27 bits per heavy atom. The summed E-state index contributed by atoms with van der Waals surface area (Å²) in [5, 5.41) is 7.55. The lowest BCUT2D eigenvalue weighted by molar-refractivity contribution is -0.117. The van der Waals surface area contributed by atoms with Crippen LogP contribution >= 0.6 is 0 Å². The summed E-state index contributed by atoms with van der Waals surface area (Å²) in [6.45, 7) is 7.49. The topological polar surface area (TPSA) is 84.2 Å². The van der Waals surface area contributed by atoms with Crippen LogP contribution in [0.25, 0.3) is 6.08 Å². The molecule has 3 heterocycles. The summed E-state index contributed by atoms with van der Waals surface area (Å²) in [6, 6.07) is 2.47. The second-order valence-electron chi connectivity index (χ2n) is 10.2. The predicted molar refractivity (Wildman–Crippen MR) is 126 cm³/mol. The van der Waals surface area contributed by atoms with Crippen LogP contribution in [0.3, 0.4) is 0 Å². The standard InChI is InChI=1S/C26H35N5O2/c1-3-23-12-24(30-33-23)26-13-21(26)16-31(17-26)11-10-19-4-7-22(8-5-19)29-25(32)9-6-20-14-27-18(2)28-15-20/h6,9,12,14-15,19,21-22H,3-5,7-8,10-11,13,16-17H2,1-2H3,(H,29,32)/b9-6+/t19-,21-,22-,26-/m0/s1. The van der Waals surface area contributed by atoms with Gasteiger partial charge in [0.25, 0.3) is 0 Å². The van der Waals surface area contributed by atoms with E-state index in [4.69, 9.17) is 4.52 Å². The van der Waals surface area contributed by atoms with E-state index in [1.807, 2.05) is 6.92 Å². The number of aromatic nitrogens is 3. The Hall–Kier alpha value is -2.54. The summed E-state index contributed by atoms with van der Waals surface area (Å²) in [4.78, 5) is 23.2. The number of hydrogen-bond donors (Lipinski definition) is 1. The average molecular weight is 450 g/mol. The van der Waals surface area contributed by atoms with Crippen LogP contribution in [0.4, 0.5) is 0 Å². The van der Waals surface area contributed by atoms with Gasteiger partial charge in [-0.3, -0.25) is 4.79 Å². The van der Waals surface area contributed by atoms with E-state index >= 15 is 0 Å². The maximum absolute atomic E-state index is 12.3. The molecular formula is C26H35N5O2. The van der Waals surface area contributed by atoms with Crippen LogP contribution in [0.15, 0.2) is 29.1 Å². The smallest absolute Gasteiger partial charge is 0.244 e. The molecule has 1 N–H and O–H groups in total. The van der Waals surface area contributed by atoms with E-state index in [0.717, 1.165) is 54.8 Å². The monoisotopic (exact) mass is 449 g/mol. The summed E-state index contributed by atoms with van der Waals surface area (Å²) < 4.78 is 5.48. The maximum atomic E-state index is 12.3. The Labute approximate surface area is 196 Å². The molecule has 3 aliphatic rings. The molecule has 5 rings (SSSR count). The number of rotatable bonds is 8. The third kappa shape index (κ3) is 5.03. The molecule has 33 heavy (non-hydrogen) atoms. The van der Waals surface area contributed by atoms with Gasteiger partial charge in [0, 0.05) is 61.1 Å². The lowest BCUT2D eigenvalue weighted by Crippen LogP contribution is -2.37. The van der Waals surface area contributed by atoms with Crippen molar-refractivity contribution in [3.05, 3.63) is 47.4 Å². The zero-order valence-electron chi connectivity index (χ0n) is 19.8. The number of hydrogen-bond acceptors (Lipinski definition) is 6. The number of nitrogens with one attached hydrogen (secondary N) is 1. The number of aryl methyl sites for hydroxylation is 2. The Bertz CT molecular complexity index is 992. The van der Waals surface area contributed by atoms with Crippen molar-refractivity contribution < 1.29 is 9.32 Å². The van der Waals surface area contributed by atoms with E-state index in [1.54, 1.807) is 24.5 Å². The van der Waals surface area contributed by atoms with Gasteiger partial charge < -0.3 is 14.7 Å². The first-order valence-electron chi connectivity index (χ1n) is 12.5. The number of fused-ring (bicyclic) bond motifs is 1. The van der Waals surface area contributed by atoms with E-state index in [9.17, 15) is 4.79 Å². The largest absolute Gasteiger partial charge is 0.361 e. The third-order valence-corrected chi connectivity index (χ3v) is 7.91. The van der Waals surface area contributed by atoms with Crippen LogP contribution in [0.5, 0.6) is 0 Å². The molecule has 0 spiro atoms. The summed E-state index contributed by atoms with van der Waals surface area (Å²) in [5.74, 6) is 3.24. The molecule has 176 valence electrons. The SMILES string of the molecule is CCc1cc([C@]23C[C@H]2CN(CC[C@H]2CC[C@H](NC(=O)/C=C/c4cnc(C)nc4)CC2)C3)no1. The molecule has 7 heteroatoms. The number of amides is 1. The van der Waals surface area contributed by atoms with E-state index in [0.29, 0.717) is 0 Å². The van der Waals surface area contributed by atoms with Crippen LogP contribution in [0.2, 0.25) is 0 Å². The summed E-state index contributed by atoms with van der Waals surface area (Å²) in [6.07, 6.45) is 14.8. The first-order valence-corrected chi connectivity index (χ1v) is 12.5. The molecule has 2 saturated carbocycles. The van der Waals surface area contributed by atoms with Crippen molar-refractivity contribution in [2.45, 2.75) is 70.3 Å². The van der Waals surface area contributed by atoms with Crippen LogP contribution in [0, 0.1) is 18.8 Å². The van der Waals surface area contributed by atoms with Crippen molar-refractivity contribution in [2.75, 3.05) is 19.6 Å². The zero-order valence-corrected chi connectivity index (χ0v) is 19.8. The van der Waals surface area contributed by atoms with Gasteiger partial charge in [-0.1, -0.05) is 12.1 Å². The van der Waals surface area contributed by atoms with Crippen molar-refractivity contribution in [3.8, 4) is 0 Å². The molecule has 1 amide bonds. The fourth-order valence-electron chi connectivity index (χ4n) is 5.74. The van der Waals surface area contributed by atoms with E-state index < -0.39 is 0 Å². The highest BCUT2D eigenvalue weighted by molar-refractivity contribution is 5.91. The van der Waals surface area contributed by atoms with Gasteiger partial charge >= 0.3 is 0 Å². The molecule has 1 aliphatic heterocycles. The fraction of sp³-hybridized carbons (Fsp3) is 0.615. The van der Waals surface area contributed by atoms with E-state index in [2.05, 4.69) is 38.3 Å². The van der Waals surface area contributed by atoms with Crippen LogP contribution in [0.1, 0.15) is 68.3 Å². The van der Waals surface area contributed by atoms with Gasteiger partial charge in [0.1, 0.15) is 11.6 Å². The molecule has 2 aliphatic carbocycles. The minimum absolute atomic E-state index is 0.0281. The van der Waals surface area contributed by atoms with Gasteiger partial charge in [-0.25, -0.2) is 9.97 Å². The average Bonchev–Trinajstić information content (AvgIpc) is 3.16. The quantitative estimate of drug-likeness (QED) is 0.619. The van der Waals surface area contributed by atoms with Gasteiger partial charge in [-0.05, 0) is 69.9 Å². The maximum Gasteiger partial charge on any atom is 0.244 e. The van der Waals surface area contributed by atoms with Gasteiger partial charge in [-0.2, -0.15) is 0 Å². The second kappa shape index (κ2) is 9.37. The highest BCUT2D eigenvalue weighted by Gasteiger charge is 2.62. The molecule has 7 nitrogen and oxygen atoms in total. The van der Waals surface area contributed by atoms with Gasteiger partial charge in [-0.15, -0.1) is 0 Å². The number of carbonyl (C=O) groups excluding carboxylic acids is 1. The predicted octanol–water partition coefficient (Wildman–Crippen LogP) is 3.69. The zero-order chi connectivity index (χ0) is 22.8. The van der Waals surface area contributed by atoms with Gasteiger partial charge in [0.2, 0.25) is 5.91 Å². The first-order chi connectivity index (χ1) is 16.0. The Balaban J connectivity index is 1.02. The summed E-state index contributed by atoms with van der Waals surface area (Å²) in [5.41, 5.74) is 2.30. The highest BCUT2D eigenvalue weighted by atomic mass is 16.5. The van der Waals surface area contributed by atoms with E-state index in [1.165, 1.54) is 44.5 Å². The molecular weight excluding hydrogens is 414 g/mol. The minimum atomic E-state index is -0.0281. The number of nitrogens with zero attached hydrogens (tertiary/aromatic N) is 4. The van der Waals surface area contributed by atoms with Gasteiger partial charge in [0.15, 0.2) is 0 Å².